The van der Waals surface area contributed by atoms with E-state index in [1.807, 2.05) is 6.26 Å². The van der Waals surface area contributed by atoms with E-state index in [1.54, 1.807) is 0 Å². The topological polar surface area (TPSA) is 45.8 Å². The van der Waals surface area contributed by atoms with Gasteiger partial charge in [-0.2, -0.15) is 4.37 Å². The van der Waals surface area contributed by atoms with E-state index in [-0.39, 0.29) is 5.56 Å². The van der Waals surface area contributed by atoms with E-state index < -0.39 is 0 Å². The molecule has 0 atom stereocenters. The summed E-state index contributed by atoms with van der Waals surface area (Å²) < 4.78 is 6.24. The zero-order valence-corrected chi connectivity index (χ0v) is 5.80. The van der Waals surface area contributed by atoms with E-state index >= 15 is 0 Å². The van der Waals surface area contributed by atoms with Crippen molar-refractivity contribution < 1.29 is 0 Å². The Morgan fingerprint density at radius 3 is 2.88 bits per heavy atom. The maximum absolute atomic E-state index is 10.5. The first kappa shape index (κ1) is 5.84. The molecular weight excluding hydrogens is 144 g/mol. The predicted octanol–water partition coefficient (Wildman–Crippen LogP) is 0.553. The highest BCUT2D eigenvalue weighted by atomic mass is 32.2. The molecule has 0 fully saturated rings. The normalized spacial score (nSPS) is 9.62. The molecule has 0 aliphatic heterocycles. The van der Waals surface area contributed by atoms with Gasteiger partial charge in [0.2, 0.25) is 0 Å². The molecule has 0 aliphatic rings. The minimum Gasteiger partial charge on any atom is -0.266 e. The van der Waals surface area contributed by atoms with Crippen molar-refractivity contribution >= 4 is 23.5 Å². The lowest BCUT2D eigenvalue weighted by Crippen LogP contribution is -1.98. The quantitative estimate of drug-likeness (QED) is 0.592. The van der Waals surface area contributed by atoms with Gasteiger partial charge in [0.1, 0.15) is 0 Å². The van der Waals surface area contributed by atoms with Crippen LogP contribution in [0.1, 0.15) is 0 Å². The van der Waals surface area contributed by atoms with Gasteiger partial charge in [0.25, 0.3) is 5.56 Å². The minimum atomic E-state index is -0.0810. The summed E-state index contributed by atoms with van der Waals surface area (Å²) in [7, 11) is 0. The highest BCUT2D eigenvalue weighted by molar-refractivity contribution is 7.98. The first-order chi connectivity index (χ1) is 3.84. The lowest BCUT2D eigenvalue weighted by molar-refractivity contribution is 1.19. The molecule has 0 radical (unpaired) electrons. The van der Waals surface area contributed by atoms with Crippen LogP contribution in [0.15, 0.2) is 9.82 Å². The largest absolute Gasteiger partial charge is 0.291 e. The van der Waals surface area contributed by atoms with Gasteiger partial charge in [0.15, 0.2) is 5.03 Å². The molecule has 0 saturated carbocycles. The molecule has 1 aromatic heterocycles. The summed E-state index contributed by atoms with van der Waals surface area (Å²) in [6.45, 7) is 0. The van der Waals surface area contributed by atoms with Crippen LogP contribution in [0.5, 0.6) is 0 Å². The molecule has 0 unspecified atom stereocenters. The molecule has 0 aliphatic carbocycles. The SMILES string of the molecule is CSc1ns[nH]c1=O. The molecule has 1 heterocycles. The number of thioether (sulfide) groups is 1. The number of aromatic nitrogens is 2. The number of hydrogen-bond donors (Lipinski definition) is 1. The number of rotatable bonds is 1. The fourth-order valence-corrected chi connectivity index (χ4v) is 1.42. The van der Waals surface area contributed by atoms with Crippen LogP contribution in [0.2, 0.25) is 0 Å². The van der Waals surface area contributed by atoms with Gasteiger partial charge < -0.3 is 0 Å². The van der Waals surface area contributed by atoms with Crippen LogP contribution < -0.4 is 5.56 Å². The molecule has 0 spiro atoms. The van der Waals surface area contributed by atoms with Crippen LogP contribution in [0.3, 0.4) is 0 Å². The second-order valence-electron chi connectivity index (χ2n) is 1.12. The zero-order valence-electron chi connectivity index (χ0n) is 4.17. The Bertz CT molecular complexity index is 215. The lowest BCUT2D eigenvalue weighted by atomic mass is 10.9. The Balaban J connectivity index is 3.11. The Labute approximate surface area is 54.4 Å². The molecule has 0 saturated heterocycles. The van der Waals surface area contributed by atoms with Gasteiger partial charge >= 0.3 is 0 Å². The first-order valence-corrected chi connectivity index (χ1v) is 3.92. The molecular formula is C3H4N2OS2. The molecule has 0 amide bonds. The minimum absolute atomic E-state index is 0.0810. The van der Waals surface area contributed by atoms with Crippen LogP contribution >= 0.6 is 23.5 Å². The van der Waals surface area contributed by atoms with Crippen LogP contribution in [0.25, 0.3) is 0 Å². The van der Waals surface area contributed by atoms with Crippen molar-refractivity contribution in [1.29, 1.82) is 0 Å². The van der Waals surface area contributed by atoms with Crippen molar-refractivity contribution in [3.05, 3.63) is 10.4 Å². The fraction of sp³-hybridized carbons (Fsp3) is 0.333. The average molecular weight is 148 g/mol. The second-order valence-corrected chi connectivity index (χ2v) is 2.49. The van der Waals surface area contributed by atoms with Gasteiger partial charge in [-0.25, -0.2) is 0 Å². The summed E-state index contributed by atoms with van der Waals surface area (Å²) in [5, 5.41) is 0.551. The molecule has 0 bridgehead atoms. The number of nitrogens with zero attached hydrogens (tertiary/aromatic N) is 1. The maximum Gasteiger partial charge on any atom is 0.291 e. The Morgan fingerprint density at radius 1 is 1.88 bits per heavy atom. The van der Waals surface area contributed by atoms with E-state index in [0.29, 0.717) is 5.03 Å². The van der Waals surface area contributed by atoms with Crippen molar-refractivity contribution in [2.45, 2.75) is 5.03 Å². The third-order valence-corrected chi connectivity index (χ3v) is 1.98. The standard InChI is InChI=1S/C3H4N2OS2/c1-7-3-2(6)4-8-5-3/h1H3,(H,4,6). The van der Waals surface area contributed by atoms with E-state index in [9.17, 15) is 4.79 Å². The lowest BCUT2D eigenvalue weighted by Gasteiger charge is -1.74. The van der Waals surface area contributed by atoms with Crippen molar-refractivity contribution in [3.8, 4) is 0 Å². The highest BCUT2D eigenvalue weighted by Crippen LogP contribution is 2.03. The van der Waals surface area contributed by atoms with E-state index in [1.165, 1.54) is 11.8 Å². The Morgan fingerprint density at radius 2 is 2.62 bits per heavy atom. The van der Waals surface area contributed by atoms with Gasteiger partial charge in [-0.15, -0.1) is 11.8 Å². The smallest absolute Gasteiger partial charge is 0.266 e. The Hall–Kier alpha value is -0.290. The number of H-pyrrole nitrogens is 1. The van der Waals surface area contributed by atoms with Gasteiger partial charge in [0.05, 0.1) is 0 Å². The number of hydrogen-bond acceptors (Lipinski definition) is 4. The summed E-state index contributed by atoms with van der Waals surface area (Å²) >= 11 is 2.44. The van der Waals surface area contributed by atoms with Crippen molar-refractivity contribution in [2.24, 2.45) is 0 Å². The molecule has 1 aromatic rings. The number of aromatic amines is 1. The third kappa shape index (κ3) is 0.924. The molecule has 3 nitrogen and oxygen atoms in total. The van der Waals surface area contributed by atoms with Crippen molar-refractivity contribution in [3.63, 3.8) is 0 Å². The van der Waals surface area contributed by atoms with Crippen molar-refractivity contribution in [2.75, 3.05) is 6.26 Å². The molecule has 44 valence electrons. The van der Waals surface area contributed by atoms with Gasteiger partial charge in [-0.05, 0) is 6.26 Å². The maximum atomic E-state index is 10.5. The fourth-order valence-electron chi connectivity index (χ4n) is 0.321. The highest BCUT2D eigenvalue weighted by Gasteiger charge is 1.96. The third-order valence-electron chi connectivity index (χ3n) is 0.654. The predicted molar refractivity (Wildman–Crippen MR) is 34.5 cm³/mol. The van der Waals surface area contributed by atoms with Gasteiger partial charge in [-0.3, -0.25) is 9.17 Å². The Kier molecular flexibility index (Phi) is 1.69. The summed E-state index contributed by atoms with van der Waals surface area (Å²) in [4.78, 5) is 10.5. The molecule has 1 rings (SSSR count). The molecule has 8 heavy (non-hydrogen) atoms. The number of nitrogens with one attached hydrogen (secondary N) is 1. The van der Waals surface area contributed by atoms with Crippen LogP contribution in [0.4, 0.5) is 0 Å². The second kappa shape index (κ2) is 2.32. The summed E-state index contributed by atoms with van der Waals surface area (Å²) in [5.41, 5.74) is -0.0810. The van der Waals surface area contributed by atoms with Gasteiger partial charge in [0, 0.05) is 11.7 Å². The van der Waals surface area contributed by atoms with Crippen LogP contribution in [-0.4, -0.2) is 15.0 Å². The first-order valence-electron chi connectivity index (χ1n) is 1.93. The average Bonchev–Trinajstić information content (AvgIpc) is 2.14. The van der Waals surface area contributed by atoms with E-state index in [0.717, 1.165) is 11.7 Å². The summed E-state index contributed by atoms with van der Waals surface area (Å²) in [6.07, 6.45) is 1.82. The van der Waals surface area contributed by atoms with Crippen molar-refractivity contribution in [1.82, 2.24) is 8.75 Å². The van der Waals surface area contributed by atoms with E-state index in [4.69, 9.17) is 0 Å². The monoisotopic (exact) mass is 148 g/mol. The van der Waals surface area contributed by atoms with Crippen LogP contribution in [0, 0.1) is 0 Å². The summed E-state index contributed by atoms with van der Waals surface area (Å²) in [6, 6.07) is 0. The van der Waals surface area contributed by atoms with Gasteiger partial charge in [-0.1, -0.05) is 0 Å². The van der Waals surface area contributed by atoms with Crippen LogP contribution in [-0.2, 0) is 0 Å². The molecule has 5 heteroatoms. The molecule has 0 aromatic carbocycles. The molecule has 1 N–H and O–H groups in total. The van der Waals surface area contributed by atoms with E-state index in [2.05, 4.69) is 8.75 Å². The zero-order chi connectivity index (χ0) is 5.98. The summed E-state index contributed by atoms with van der Waals surface area (Å²) in [5.74, 6) is 0.